The molecule has 0 saturated heterocycles. The van der Waals surface area contributed by atoms with E-state index in [2.05, 4.69) is 20.9 Å². The molecule has 0 aliphatic carbocycles. The maximum absolute atomic E-state index is 13.3. The number of amides is 2. The van der Waals surface area contributed by atoms with Gasteiger partial charge in [0.2, 0.25) is 5.91 Å². The van der Waals surface area contributed by atoms with Gasteiger partial charge in [-0.05, 0) is 82.1 Å². The number of unbranched alkanes of at least 4 members (excludes halogenated alkanes) is 1. The van der Waals surface area contributed by atoms with Gasteiger partial charge in [-0.15, -0.1) is 0 Å². The quantitative estimate of drug-likeness (QED) is 0.322. The van der Waals surface area contributed by atoms with E-state index in [4.69, 9.17) is 12.2 Å². The topological polar surface area (TPSA) is 73.5 Å². The zero-order valence-corrected chi connectivity index (χ0v) is 17.9. The molecule has 31 heavy (non-hydrogen) atoms. The van der Waals surface area contributed by atoms with Crippen LogP contribution in [0.2, 0.25) is 0 Å². The van der Waals surface area contributed by atoms with Gasteiger partial charge < -0.3 is 15.5 Å². The number of nitrogens with zero attached hydrogens (tertiary/aromatic N) is 1. The second kappa shape index (κ2) is 11.4. The number of halogens is 3. The monoisotopic (exact) mass is 452 g/mol. The van der Waals surface area contributed by atoms with E-state index in [0.717, 1.165) is 19.4 Å². The Bertz CT molecular complexity index is 929. The molecule has 0 atom stereocenters. The fourth-order valence-corrected chi connectivity index (χ4v) is 2.81. The standard InChI is InChI=1S/C21H23F3N4O2S/c1-28(2)10-4-3-5-18(29)25-14-6-8-15(9-7-14)26-21(31)27-20(30)13-11-16(22)19(24)17(23)12-13/h6-9,11-12H,3-5,10H2,1-2H3,(H,25,29)(H2,26,27,30,31). The van der Waals surface area contributed by atoms with E-state index in [-0.39, 0.29) is 11.0 Å². The van der Waals surface area contributed by atoms with Crippen LogP contribution < -0.4 is 16.0 Å². The summed E-state index contributed by atoms with van der Waals surface area (Å²) in [6.07, 6.45) is 2.15. The van der Waals surface area contributed by atoms with Crippen LogP contribution in [-0.2, 0) is 4.79 Å². The number of benzene rings is 2. The number of carbonyl (C=O) groups excluding carboxylic acids is 2. The summed E-state index contributed by atoms with van der Waals surface area (Å²) < 4.78 is 39.5. The van der Waals surface area contributed by atoms with Crippen molar-refractivity contribution in [2.24, 2.45) is 0 Å². The van der Waals surface area contributed by atoms with Gasteiger partial charge in [-0.3, -0.25) is 14.9 Å². The van der Waals surface area contributed by atoms with Crippen molar-refractivity contribution in [3.8, 4) is 0 Å². The third-order valence-corrected chi connectivity index (χ3v) is 4.36. The van der Waals surface area contributed by atoms with Crippen LogP contribution in [0.1, 0.15) is 29.6 Å². The third kappa shape index (κ3) is 7.99. The van der Waals surface area contributed by atoms with Crippen molar-refractivity contribution in [3.05, 3.63) is 59.4 Å². The van der Waals surface area contributed by atoms with Gasteiger partial charge in [-0.25, -0.2) is 13.2 Å². The van der Waals surface area contributed by atoms with Gasteiger partial charge in [-0.2, -0.15) is 0 Å². The molecule has 2 aromatic carbocycles. The highest BCUT2D eigenvalue weighted by Crippen LogP contribution is 2.15. The van der Waals surface area contributed by atoms with Gasteiger partial charge in [0.1, 0.15) is 0 Å². The predicted molar refractivity (Wildman–Crippen MR) is 117 cm³/mol. The minimum absolute atomic E-state index is 0.0824. The molecule has 0 spiro atoms. The summed E-state index contributed by atoms with van der Waals surface area (Å²) in [6.45, 7) is 0.926. The van der Waals surface area contributed by atoms with Crippen LogP contribution in [0.5, 0.6) is 0 Å². The third-order valence-electron chi connectivity index (χ3n) is 4.16. The molecule has 0 aliphatic heterocycles. The Morgan fingerprint density at radius 2 is 1.48 bits per heavy atom. The Hall–Kier alpha value is -2.98. The van der Waals surface area contributed by atoms with Crippen molar-refractivity contribution in [1.82, 2.24) is 10.2 Å². The molecule has 6 nitrogen and oxygen atoms in total. The maximum Gasteiger partial charge on any atom is 0.257 e. The molecular formula is C21H23F3N4O2S. The van der Waals surface area contributed by atoms with Crippen molar-refractivity contribution in [2.45, 2.75) is 19.3 Å². The van der Waals surface area contributed by atoms with Crippen LogP contribution in [0.25, 0.3) is 0 Å². The largest absolute Gasteiger partial charge is 0.332 e. The summed E-state index contributed by atoms with van der Waals surface area (Å²) in [7, 11) is 3.96. The second-order valence-electron chi connectivity index (χ2n) is 7.05. The van der Waals surface area contributed by atoms with Crippen LogP contribution in [0.15, 0.2) is 36.4 Å². The van der Waals surface area contributed by atoms with Crippen molar-refractivity contribution < 1.29 is 22.8 Å². The molecule has 0 radical (unpaired) electrons. The number of hydrogen-bond acceptors (Lipinski definition) is 4. The Balaban J connectivity index is 1.83. The molecule has 166 valence electrons. The first-order valence-corrected chi connectivity index (χ1v) is 9.88. The number of thiocarbonyl (C=S) groups is 1. The second-order valence-corrected chi connectivity index (χ2v) is 7.46. The van der Waals surface area contributed by atoms with Crippen LogP contribution in [0.3, 0.4) is 0 Å². The molecular weight excluding hydrogens is 429 g/mol. The number of rotatable bonds is 8. The summed E-state index contributed by atoms with van der Waals surface area (Å²) >= 11 is 5.01. The zero-order chi connectivity index (χ0) is 23.0. The smallest absolute Gasteiger partial charge is 0.257 e. The molecule has 0 unspecified atom stereocenters. The SMILES string of the molecule is CN(C)CCCCC(=O)Nc1ccc(NC(=S)NC(=O)c2cc(F)c(F)c(F)c2)cc1. The molecule has 0 fully saturated rings. The van der Waals surface area contributed by atoms with E-state index in [9.17, 15) is 22.8 Å². The van der Waals surface area contributed by atoms with Crippen LogP contribution in [0.4, 0.5) is 24.5 Å². The molecule has 0 aromatic heterocycles. The molecule has 0 bridgehead atoms. The first-order valence-electron chi connectivity index (χ1n) is 9.47. The van der Waals surface area contributed by atoms with Gasteiger partial charge in [0.15, 0.2) is 22.6 Å². The number of hydrogen-bond donors (Lipinski definition) is 3. The lowest BCUT2D eigenvalue weighted by molar-refractivity contribution is -0.116. The first kappa shape index (κ1) is 24.3. The van der Waals surface area contributed by atoms with Gasteiger partial charge >= 0.3 is 0 Å². The number of nitrogens with one attached hydrogen (secondary N) is 3. The highest BCUT2D eigenvalue weighted by molar-refractivity contribution is 7.80. The molecule has 3 N–H and O–H groups in total. The van der Waals surface area contributed by atoms with Crippen LogP contribution >= 0.6 is 12.2 Å². The molecule has 2 rings (SSSR count). The van der Waals surface area contributed by atoms with E-state index in [0.29, 0.717) is 29.9 Å². The first-order chi connectivity index (χ1) is 14.7. The minimum atomic E-state index is -1.65. The average Bonchev–Trinajstić information content (AvgIpc) is 2.70. The fraction of sp³-hybridized carbons (Fsp3) is 0.286. The van der Waals surface area contributed by atoms with E-state index < -0.39 is 28.9 Å². The lowest BCUT2D eigenvalue weighted by Gasteiger charge is -2.11. The Kier molecular flexibility index (Phi) is 8.95. The van der Waals surface area contributed by atoms with Gasteiger partial charge in [-0.1, -0.05) is 0 Å². The number of carbonyl (C=O) groups is 2. The van der Waals surface area contributed by atoms with E-state index in [1.54, 1.807) is 24.3 Å². The Morgan fingerprint density at radius 3 is 2.03 bits per heavy atom. The molecule has 10 heteroatoms. The van der Waals surface area contributed by atoms with Crippen LogP contribution in [0, 0.1) is 17.5 Å². The van der Waals surface area contributed by atoms with Crippen molar-refractivity contribution in [3.63, 3.8) is 0 Å². The minimum Gasteiger partial charge on any atom is -0.332 e. The highest BCUT2D eigenvalue weighted by Gasteiger charge is 2.16. The van der Waals surface area contributed by atoms with Gasteiger partial charge in [0, 0.05) is 23.4 Å². The van der Waals surface area contributed by atoms with Crippen LogP contribution in [-0.4, -0.2) is 42.5 Å². The summed E-state index contributed by atoms with van der Waals surface area (Å²) in [6, 6.07) is 7.75. The molecule has 2 amide bonds. The molecule has 2 aromatic rings. The summed E-state index contributed by atoms with van der Waals surface area (Å²) in [4.78, 5) is 26.1. The van der Waals surface area contributed by atoms with Crippen molar-refractivity contribution in [1.29, 1.82) is 0 Å². The Morgan fingerprint density at radius 1 is 0.935 bits per heavy atom. The van der Waals surface area contributed by atoms with Crippen molar-refractivity contribution >= 4 is 40.5 Å². The van der Waals surface area contributed by atoms with E-state index in [1.807, 2.05) is 14.1 Å². The summed E-state index contributed by atoms with van der Waals surface area (Å²) in [5.41, 5.74) is 0.713. The lowest BCUT2D eigenvalue weighted by Crippen LogP contribution is -2.34. The molecule has 0 aliphatic rings. The summed E-state index contributed by atoms with van der Waals surface area (Å²) in [5, 5.41) is 7.67. The molecule has 0 saturated carbocycles. The van der Waals surface area contributed by atoms with Gasteiger partial charge in [0.05, 0.1) is 0 Å². The summed E-state index contributed by atoms with van der Waals surface area (Å²) in [5.74, 6) is -5.58. The predicted octanol–water partition coefficient (Wildman–Crippen LogP) is 3.90. The fourth-order valence-electron chi connectivity index (χ4n) is 2.60. The Labute approximate surface area is 183 Å². The van der Waals surface area contributed by atoms with E-state index >= 15 is 0 Å². The van der Waals surface area contributed by atoms with Gasteiger partial charge in [0.25, 0.3) is 5.91 Å². The maximum atomic E-state index is 13.3. The molecule has 0 heterocycles. The number of anilines is 2. The van der Waals surface area contributed by atoms with Crippen molar-refractivity contribution in [2.75, 3.05) is 31.3 Å². The average molecular weight is 453 g/mol. The zero-order valence-electron chi connectivity index (χ0n) is 17.1. The normalized spacial score (nSPS) is 10.6. The lowest BCUT2D eigenvalue weighted by atomic mass is 10.2. The van der Waals surface area contributed by atoms with E-state index in [1.165, 1.54) is 0 Å². The highest BCUT2D eigenvalue weighted by atomic mass is 32.1.